The fourth-order valence-corrected chi connectivity index (χ4v) is 3.96. The molecule has 108 valence electrons. The first kappa shape index (κ1) is 14.0. The molecule has 1 aromatic carbocycles. The molecule has 3 nitrogen and oxygen atoms in total. The number of nitrogens with zero attached hydrogens (tertiary/aromatic N) is 1. The van der Waals surface area contributed by atoms with Crippen LogP contribution in [0.1, 0.15) is 31.2 Å². The molecule has 0 aromatic heterocycles. The van der Waals surface area contributed by atoms with Crippen molar-refractivity contribution in [1.82, 2.24) is 5.32 Å². The van der Waals surface area contributed by atoms with Crippen LogP contribution < -0.4 is 5.32 Å². The summed E-state index contributed by atoms with van der Waals surface area (Å²) in [5, 5.41) is 4.77. The highest BCUT2D eigenvalue weighted by Gasteiger charge is 2.38. The molecule has 0 aliphatic carbocycles. The van der Waals surface area contributed by atoms with E-state index in [0.717, 1.165) is 43.5 Å². The van der Waals surface area contributed by atoms with Gasteiger partial charge in [0.25, 0.3) is 0 Å². The van der Waals surface area contributed by atoms with E-state index in [-0.39, 0.29) is 5.54 Å². The lowest BCUT2D eigenvalue weighted by Gasteiger charge is -2.32. The van der Waals surface area contributed by atoms with E-state index in [9.17, 15) is 0 Å². The van der Waals surface area contributed by atoms with E-state index < -0.39 is 0 Å². The quantitative estimate of drug-likeness (QED) is 0.929. The van der Waals surface area contributed by atoms with Crippen LogP contribution in [-0.4, -0.2) is 36.2 Å². The lowest BCUT2D eigenvalue weighted by atomic mass is 9.93. The van der Waals surface area contributed by atoms with Gasteiger partial charge in [0.05, 0.1) is 5.54 Å². The second-order valence-electron chi connectivity index (χ2n) is 5.76. The molecule has 1 unspecified atom stereocenters. The minimum absolute atomic E-state index is 0.248. The van der Waals surface area contributed by atoms with Crippen molar-refractivity contribution in [2.24, 2.45) is 4.99 Å². The average molecular weight is 290 g/mol. The van der Waals surface area contributed by atoms with Gasteiger partial charge in [-0.2, -0.15) is 0 Å². The van der Waals surface area contributed by atoms with Gasteiger partial charge in [0, 0.05) is 31.4 Å². The minimum Gasteiger partial charge on any atom is -0.381 e. The van der Waals surface area contributed by atoms with Gasteiger partial charge in [-0.3, -0.25) is 4.99 Å². The lowest BCUT2D eigenvalue weighted by Crippen LogP contribution is -2.48. The van der Waals surface area contributed by atoms with Crippen LogP contribution in [0, 0.1) is 0 Å². The Balaban J connectivity index is 1.57. The molecule has 20 heavy (non-hydrogen) atoms. The predicted molar refractivity (Wildman–Crippen MR) is 85.5 cm³/mol. The molecule has 1 spiro atoms. The number of amidine groups is 1. The summed E-state index contributed by atoms with van der Waals surface area (Å²) >= 11 is 1.87. The zero-order chi connectivity index (χ0) is 13.8. The summed E-state index contributed by atoms with van der Waals surface area (Å²) in [6, 6.07) is 10.6. The maximum atomic E-state index is 5.46. The third kappa shape index (κ3) is 3.18. The smallest absolute Gasteiger partial charge is 0.157 e. The van der Waals surface area contributed by atoms with Crippen LogP contribution in [0.3, 0.4) is 0 Å². The van der Waals surface area contributed by atoms with E-state index in [0.29, 0.717) is 5.92 Å². The van der Waals surface area contributed by atoms with Crippen molar-refractivity contribution >= 4 is 16.9 Å². The van der Waals surface area contributed by atoms with Crippen LogP contribution in [0.4, 0.5) is 0 Å². The molecule has 1 atom stereocenters. The monoisotopic (exact) mass is 290 g/mol. The van der Waals surface area contributed by atoms with Crippen LogP contribution in [-0.2, 0) is 4.74 Å². The second kappa shape index (κ2) is 6.19. The Kier molecular flexibility index (Phi) is 4.32. The number of hydrogen-bond acceptors (Lipinski definition) is 3. The van der Waals surface area contributed by atoms with Crippen molar-refractivity contribution in [2.75, 3.05) is 25.5 Å². The third-order valence-corrected chi connectivity index (χ3v) is 5.39. The average Bonchev–Trinajstić information content (AvgIpc) is 2.89. The molecular formula is C16H22N2OS. The van der Waals surface area contributed by atoms with E-state index in [1.54, 1.807) is 0 Å². The molecule has 2 aliphatic heterocycles. The normalized spacial score (nSPS) is 24.8. The van der Waals surface area contributed by atoms with Crippen molar-refractivity contribution < 1.29 is 4.74 Å². The highest BCUT2D eigenvalue weighted by atomic mass is 32.2. The zero-order valence-electron chi connectivity index (χ0n) is 12.0. The van der Waals surface area contributed by atoms with Gasteiger partial charge >= 0.3 is 0 Å². The van der Waals surface area contributed by atoms with E-state index in [1.807, 2.05) is 11.8 Å². The number of aliphatic imine (C=N–C) groups is 1. The molecule has 0 radical (unpaired) electrons. The molecule has 0 amide bonds. The van der Waals surface area contributed by atoms with Crippen molar-refractivity contribution in [3.05, 3.63) is 35.9 Å². The molecule has 1 N–H and O–H groups in total. The highest BCUT2D eigenvalue weighted by molar-refractivity contribution is 8.14. The second-order valence-corrected chi connectivity index (χ2v) is 6.73. The Morgan fingerprint density at radius 2 is 2.05 bits per heavy atom. The molecule has 2 aliphatic rings. The molecule has 4 heteroatoms. The van der Waals surface area contributed by atoms with E-state index >= 15 is 0 Å². The summed E-state index contributed by atoms with van der Waals surface area (Å²) in [5.74, 6) is 1.60. The standard InChI is InChI=1S/C16H22N2OS/c1-13(14-5-3-2-4-6-14)11-17-15-18-16(12-20-15)7-9-19-10-8-16/h2-6,13H,7-12H2,1H3,(H,17,18). The molecule has 3 rings (SSSR count). The summed E-state index contributed by atoms with van der Waals surface area (Å²) in [5.41, 5.74) is 1.61. The van der Waals surface area contributed by atoms with Crippen LogP contribution >= 0.6 is 11.8 Å². The SMILES string of the molecule is CC(CN=C1NC2(CCOCC2)CS1)c1ccccc1. The van der Waals surface area contributed by atoms with Crippen molar-refractivity contribution in [1.29, 1.82) is 0 Å². The van der Waals surface area contributed by atoms with Crippen LogP contribution in [0.2, 0.25) is 0 Å². The van der Waals surface area contributed by atoms with E-state index in [4.69, 9.17) is 9.73 Å². The van der Waals surface area contributed by atoms with Gasteiger partial charge in [0.2, 0.25) is 0 Å². The topological polar surface area (TPSA) is 33.6 Å². The van der Waals surface area contributed by atoms with Gasteiger partial charge in [-0.1, -0.05) is 49.0 Å². The number of hydrogen-bond donors (Lipinski definition) is 1. The van der Waals surface area contributed by atoms with Crippen molar-refractivity contribution in [3.63, 3.8) is 0 Å². The zero-order valence-corrected chi connectivity index (χ0v) is 12.8. The number of ether oxygens (including phenoxy) is 1. The summed E-state index contributed by atoms with van der Waals surface area (Å²) < 4.78 is 5.46. The van der Waals surface area contributed by atoms with Crippen molar-refractivity contribution in [2.45, 2.75) is 31.2 Å². The predicted octanol–water partition coefficient (Wildman–Crippen LogP) is 3.03. The fourth-order valence-electron chi connectivity index (χ4n) is 2.73. The van der Waals surface area contributed by atoms with Gasteiger partial charge in [0.1, 0.15) is 0 Å². The summed E-state index contributed by atoms with van der Waals surface area (Å²) in [7, 11) is 0. The summed E-state index contributed by atoms with van der Waals surface area (Å²) in [4.78, 5) is 4.78. The molecule has 2 heterocycles. The molecule has 0 saturated carbocycles. The molecule has 2 saturated heterocycles. The maximum absolute atomic E-state index is 5.46. The Labute approximate surface area is 125 Å². The van der Waals surface area contributed by atoms with Crippen LogP contribution in [0.5, 0.6) is 0 Å². The summed E-state index contributed by atoms with van der Waals surface area (Å²) in [6.45, 7) is 4.84. The molecule has 1 aromatic rings. The minimum atomic E-state index is 0.248. The number of rotatable bonds is 3. The van der Waals surface area contributed by atoms with E-state index in [2.05, 4.69) is 42.6 Å². The van der Waals surface area contributed by atoms with Gasteiger partial charge in [-0.05, 0) is 18.4 Å². The first-order valence-corrected chi connectivity index (χ1v) is 8.34. The van der Waals surface area contributed by atoms with Gasteiger partial charge in [-0.25, -0.2) is 0 Å². The van der Waals surface area contributed by atoms with Crippen LogP contribution in [0.15, 0.2) is 35.3 Å². The lowest BCUT2D eigenvalue weighted by molar-refractivity contribution is 0.0555. The summed E-state index contributed by atoms with van der Waals surface area (Å²) in [6.07, 6.45) is 2.21. The largest absolute Gasteiger partial charge is 0.381 e. The van der Waals surface area contributed by atoms with E-state index in [1.165, 1.54) is 5.56 Å². The molecular weight excluding hydrogens is 268 g/mol. The Morgan fingerprint density at radius 1 is 1.30 bits per heavy atom. The number of benzene rings is 1. The first-order valence-electron chi connectivity index (χ1n) is 7.36. The Hall–Kier alpha value is -1.00. The van der Waals surface area contributed by atoms with Crippen LogP contribution in [0.25, 0.3) is 0 Å². The molecule has 0 bridgehead atoms. The van der Waals surface area contributed by atoms with Gasteiger partial charge in [-0.15, -0.1) is 0 Å². The van der Waals surface area contributed by atoms with Gasteiger partial charge < -0.3 is 10.1 Å². The van der Waals surface area contributed by atoms with Gasteiger partial charge in [0.15, 0.2) is 5.17 Å². The molecule has 2 fully saturated rings. The third-order valence-electron chi connectivity index (χ3n) is 4.18. The maximum Gasteiger partial charge on any atom is 0.157 e. The number of nitrogens with one attached hydrogen (secondary N) is 1. The number of thioether (sulfide) groups is 1. The highest BCUT2D eigenvalue weighted by Crippen LogP contribution is 2.32. The fraction of sp³-hybridized carbons (Fsp3) is 0.562. The Bertz CT molecular complexity index is 469. The first-order chi connectivity index (χ1) is 9.77. The Morgan fingerprint density at radius 3 is 2.80 bits per heavy atom. The van der Waals surface area contributed by atoms with Crippen molar-refractivity contribution in [3.8, 4) is 0 Å².